The predicted molar refractivity (Wildman–Crippen MR) is 125 cm³/mol. The van der Waals surface area contributed by atoms with E-state index in [2.05, 4.69) is 70.9 Å². The number of nitrogens with zero attached hydrogens (tertiary/aromatic N) is 2. The summed E-state index contributed by atoms with van der Waals surface area (Å²) in [6, 6.07) is 24.2. The van der Waals surface area contributed by atoms with E-state index in [0.717, 1.165) is 12.3 Å². The topological polar surface area (TPSA) is 24.8 Å². The van der Waals surface area contributed by atoms with E-state index < -0.39 is 0 Å². The van der Waals surface area contributed by atoms with Crippen LogP contribution in [-0.2, 0) is 6.54 Å². The van der Waals surface area contributed by atoms with E-state index in [0.29, 0.717) is 12.0 Å². The molecule has 30 heavy (non-hydrogen) atoms. The standard InChI is InChI=1S/C26H28N2OS/c1-29-22-10-5-9-21(17-22)24(19-7-3-2-4-8-19)26-25(20-12-14-28(26)15-13-20)27-18-23-11-6-16-30-23/h2-11,16-17,20,24,26H,12-15,18H2,1H3/b27-25+. The Bertz CT molecular complexity index is 991. The minimum Gasteiger partial charge on any atom is -0.497 e. The molecule has 0 amide bonds. The summed E-state index contributed by atoms with van der Waals surface area (Å²) in [6.45, 7) is 3.13. The highest BCUT2D eigenvalue weighted by atomic mass is 32.1. The van der Waals surface area contributed by atoms with Crippen LogP contribution in [0.3, 0.4) is 0 Å². The Labute approximate surface area is 183 Å². The number of hydrogen-bond acceptors (Lipinski definition) is 4. The third-order valence-electron chi connectivity index (χ3n) is 6.57. The van der Waals surface area contributed by atoms with Gasteiger partial charge in [0.2, 0.25) is 0 Å². The van der Waals surface area contributed by atoms with Crippen LogP contribution in [-0.4, -0.2) is 36.9 Å². The molecule has 4 heteroatoms. The van der Waals surface area contributed by atoms with Crippen molar-refractivity contribution < 1.29 is 4.74 Å². The van der Waals surface area contributed by atoms with Crippen molar-refractivity contribution in [1.82, 2.24) is 4.90 Å². The summed E-state index contributed by atoms with van der Waals surface area (Å²) >= 11 is 1.80. The van der Waals surface area contributed by atoms with Crippen molar-refractivity contribution in [1.29, 1.82) is 0 Å². The zero-order chi connectivity index (χ0) is 20.3. The van der Waals surface area contributed by atoms with Gasteiger partial charge in [-0.25, -0.2) is 0 Å². The number of thiophene rings is 1. The molecular formula is C26H28N2OS. The largest absolute Gasteiger partial charge is 0.497 e. The maximum Gasteiger partial charge on any atom is 0.119 e. The molecule has 2 unspecified atom stereocenters. The van der Waals surface area contributed by atoms with E-state index >= 15 is 0 Å². The lowest BCUT2D eigenvalue weighted by atomic mass is 9.72. The number of ether oxygens (including phenoxy) is 1. The van der Waals surface area contributed by atoms with Crippen molar-refractivity contribution in [2.75, 3.05) is 20.2 Å². The quantitative estimate of drug-likeness (QED) is 0.521. The molecule has 0 aliphatic carbocycles. The van der Waals surface area contributed by atoms with Crippen LogP contribution < -0.4 is 4.74 Å². The molecule has 3 saturated heterocycles. The number of piperidine rings is 3. The molecule has 3 fully saturated rings. The number of methoxy groups -OCH3 is 1. The van der Waals surface area contributed by atoms with Crippen LogP contribution in [0.1, 0.15) is 34.8 Å². The maximum absolute atomic E-state index is 5.57. The van der Waals surface area contributed by atoms with Crippen molar-refractivity contribution in [3.05, 3.63) is 88.1 Å². The Morgan fingerprint density at radius 2 is 1.80 bits per heavy atom. The van der Waals surface area contributed by atoms with E-state index in [4.69, 9.17) is 9.73 Å². The van der Waals surface area contributed by atoms with Crippen LogP contribution >= 0.6 is 11.3 Å². The van der Waals surface area contributed by atoms with Gasteiger partial charge in [0.15, 0.2) is 0 Å². The second-order valence-corrected chi connectivity index (χ2v) is 9.27. The van der Waals surface area contributed by atoms with Crippen molar-refractivity contribution in [2.24, 2.45) is 10.9 Å². The molecule has 3 aliphatic rings. The smallest absolute Gasteiger partial charge is 0.119 e. The van der Waals surface area contributed by atoms with Gasteiger partial charge in [-0.15, -0.1) is 11.3 Å². The monoisotopic (exact) mass is 416 g/mol. The van der Waals surface area contributed by atoms with E-state index in [1.807, 2.05) is 6.07 Å². The van der Waals surface area contributed by atoms with Crippen molar-refractivity contribution in [3.63, 3.8) is 0 Å². The molecule has 3 nitrogen and oxygen atoms in total. The molecule has 2 aromatic carbocycles. The Hall–Kier alpha value is -2.43. The lowest BCUT2D eigenvalue weighted by Gasteiger charge is -2.49. The van der Waals surface area contributed by atoms with Gasteiger partial charge < -0.3 is 4.74 Å². The molecule has 2 bridgehead atoms. The molecule has 4 heterocycles. The Morgan fingerprint density at radius 1 is 1.00 bits per heavy atom. The number of benzene rings is 2. The summed E-state index contributed by atoms with van der Waals surface area (Å²) in [6.07, 6.45) is 2.47. The number of fused-ring (bicyclic) bond motifs is 3. The summed E-state index contributed by atoms with van der Waals surface area (Å²) in [4.78, 5) is 9.27. The molecule has 2 atom stereocenters. The van der Waals surface area contributed by atoms with Crippen LogP contribution in [0, 0.1) is 5.92 Å². The zero-order valence-electron chi connectivity index (χ0n) is 17.4. The van der Waals surface area contributed by atoms with Crippen molar-refractivity contribution >= 4 is 17.0 Å². The van der Waals surface area contributed by atoms with E-state index in [1.165, 1.54) is 47.6 Å². The van der Waals surface area contributed by atoms with Gasteiger partial charge >= 0.3 is 0 Å². The second kappa shape index (κ2) is 8.75. The Morgan fingerprint density at radius 3 is 2.53 bits per heavy atom. The van der Waals surface area contributed by atoms with Crippen molar-refractivity contribution in [3.8, 4) is 5.75 Å². The highest BCUT2D eigenvalue weighted by Gasteiger charge is 2.44. The SMILES string of the molecule is COc1cccc(C(c2ccccc2)C2/C(=N/Cc3cccs3)C3CCN2CC3)c1. The maximum atomic E-state index is 5.57. The van der Waals surface area contributed by atoms with Gasteiger partial charge in [0.25, 0.3) is 0 Å². The fraction of sp³-hybridized carbons (Fsp3) is 0.346. The molecule has 6 rings (SSSR count). The van der Waals surface area contributed by atoms with Crippen LogP contribution in [0.2, 0.25) is 0 Å². The molecule has 3 aromatic rings. The first-order valence-electron chi connectivity index (χ1n) is 10.8. The van der Waals surface area contributed by atoms with Gasteiger partial charge in [-0.05, 0) is 60.6 Å². The molecule has 0 saturated carbocycles. The summed E-state index contributed by atoms with van der Waals surface area (Å²) in [5.41, 5.74) is 4.06. The van der Waals surface area contributed by atoms with E-state index in [9.17, 15) is 0 Å². The average molecular weight is 417 g/mol. The fourth-order valence-electron chi connectivity index (χ4n) is 5.13. The molecule has 1 aromatic heterocycles. The first-order valence-corrected chi connectivity index (χ1v) is 11.7. The molecule has 3 aliphatic heterocycles. The third-order valence-corrected chi connectivity index (χ3v) is 7.43. The molecule has 154 valence electrons. The van der Waals surface area contributed by atoms with Gasteiger partial charge in [0.05, 0.1) is 19.7 Å². The van der Waals surface area contributed by atoms with Crippen LogP contribution in [0.5, 0.6) is 5.75 Å². The first kappa shape index (κ1) is 19.5. The van der Waals surface area contributed by atoms with E-state index in [-0.39, 0.29) is 5.92 Å². The average Bonchev–Trinajstić information content (AvgIpc) is 3.34. The number of aliphatic imine (C=N–C) groups is 1. The minimum absolute atomic E-state index is 0.256. The summed E-state index contributed by atoms with van der Waals surface area (Å²) in [7, 11) is 1.75. The normalized spacial score (nSPS) is 25.4. The molecule has 0 spiro atoms. The van der Waals surface area contributed by atoms with Gasteiger partial charge in [0, 0.05) is 22.4 Å². The number of hydrogen-bond donors (Lipinski definition) is 0. The highest BCUT2D eigenvalue weighted by Crippen LogP contribution is 2.41. The summed E-state index contributed by atoms with van der Waals surface area (Å²) < 4.78 is 5.57. The van der Waals surface area contributed by atoms with Crippen LogP contribution in [0.15, 0.2) is 77.1 Å². The van der Waals surface area contributed by atoms with Gasteiger partial charge in [0.1, 0.15) is 5.75 Å². The third kappa shape index (κ3) is 3.82. The fourth-order valence-corrected chi connectivity index (χ4v) is 5.76. The Balaban J connectivity index is 1.59. The molecule has 0 N–H and O–H groups in total. The van der Waals surface area contributed by atoms with Gasteiger partial charge in [-0.2, -0.15) is 0 Å². The Kier molecular flexibility index (Phi) is 5.69. The second-order valence-electron chi connectivity index (χ2n) is 8.24. The van der Waals surface area contributed by atoms with Crippen LogP contribution in [0.4, 0.5) is 0 Å². The lowest BCUT2D eigenvalue weighted by molar-refractivity contribution is 0.135. The zero-order valence-corrected chi connectivity index (χ0v) is 18.2. The molecule has 0 radical (unpaired) electrons. The van der Waals surface area contributed by atoms with Crippen LogP contribution in [0.25, 0.3) is 0 Å². The van der Waals surface area contributed by atoms with Gasteiger partial charge in [-0.1, -0.05) is 48.5 Å². The highest BCUT2D eigenvalue weighted by molar-refractivity contribution is 7.09. The minimum atomic E-state index is 0.256. The summed E-state index contributed by atoms with van der Waals surface area (Å²) in [5, 5.41) is 2.15. The first-order chi connectivity index (χ1) is 14.8. The molecular weight excluding hydrogens is 388 g/mol. The number of rotatable bonds is 6. The van der Waals surface area contributed by atoms with Crippen molar-refractivity contribution in [2.45, 2.75) is 31.3 Å². The van der Waals surface area contributed by atoms with E-state index in [1.54, 1.807) is 18.4 Å². The lowest BCUT2D eigenvalue weighted by Crippen LogP contribution is -2.58. The predicted octanol–water partition coefficient (Wildman–Crippen LogP) is 5.62. The summed E-state index contributed by atoms with van der Waals surface area (Å²) in [5.74, 6) is 1.78. The van der Waals surface area contributed by atoms with Gasteiger partial charge in [-0.3, -0.25) is 9.89 Å².